The van der Waals surface area contributed by atoms with Gasteiger partial charge in [0.1, 0.15) is 11.6 Å². The van der Waals surface area contributed by atoms with Crippen LogP contribution in [-0.4, -0.2) is 31.0 Å². The van der Waals surface area contributed by atoms with Gasteiger partial charge in [-0.1, -0.05) is 37.3 Å². The average Bonchev–Trinajstić information content (AvgIpc) is 3.27. The van der Waals surface area contributed by atoms with E-state index in [1.807, 2.05) is 24.4 Å². The summed E-state index contributed by atoms with van der Waals surface area (Å²) in [5, 5.41) is 19.6. The molecule has 0 saturated carbocycles. The van der Waals surface area contributed by atoms with Crippen LogP contribution in [0.15, 0.2) is 36.5 Å². The normalized spacial score (nSPS) is 17.0. The van der Waals surface area contributed by atoms with Crippen molar-refractivity contribution in [3.63, 3.8) is 0 Å². The molecule has 6 nitrogen and oxygen atoms in total. The van der Waals surface area contributed by atoms with Crippen molar-refractivity contribution in [3.05, 3.63) is 53.7 Å². The van der Waals surface area contributed by atoms with E-state index in [9.17, 15) is 0 Å². The molecule has 1 aliphatic rings. The van der Waals surface area contributed by atoms with Crippen LogP contribution in [0.25, 0.3) is 11.3 Å². The number of H-pyrrole nitrogens is 1. The van der Waals surface area contributed by atoms with Crippen molar-refractivity contribution in [3.8, 4) is 11.3 Å². The Bertz CT molecular complexity index is 791. The smallest absolute Gasteiger partial charge is 0.133 e. The monoisotopic (exact) mass is 322 g/mol. The minimum absolute atomic E-state index is 0.442. The van der Waals surface area contributed by atoms with E-state index < -0.39 is 0 Å². The van der Waals surface area contributed by atoms with Crippen LogP contribution in [0.3, 0.4) is 0 Å². The van der Waals surface area contributed by atoms with E-state index in [2.05, 4.69) is 49.3 Å². The number of hydrogen-bond donors (Lipinski definition) is 2. The largest absolute Gasteiger partial charge is 0.313 e. The molecule has 2 N–H and O–H groups in total. The maximum Gasteiger partial charge on any atom is 0.133 e. The van der Waals surface area contributed by atoms with Gasteiger partial charge in [0.15, 0.2) is 0 Å². The summed E-state index contributed by atoms with van der Waals surface area (Å²) in [6, 6.07) is 10.8. The molecule has 3 heterocycles. The molecule has 0 fully saturated rings. The Labute approximate surface area is 141 Å². The zero-order valence-corrected chi connectivity index (χ0v) is 13.9. The van der Waals surface area contributed by atoms with E-state index in [-0.39, 0.29) is 0 Å². The van der Waals surface area contributed by atoms with Crippen molar-refractivity contribution in [1.29, 1.82) is 0 Å². The topological polar surface area (TPSA) is 71.4 Å². The van der Waals surface area contributed by atoms with Crippen LogP contribution in [0.5, 0.6) is 0 Å². The molecule has 1 atom stereocenters. The van der Waals surface area contributed by atoms with Crippen molar-refractivity contribution in [2.24, 2.45) is 0 Å². The number of benzene rings is 1. The Morgan fingerprint density at radius 3 is 2.96 bits per heavy atom. The summed E-state index contributed by atoms with van der Waals surface area (Å²) in [6.07, 6.45) is 4.93. The molecular weight excluding hydrogens is 300 g/mol. The molecule has 1 aliphatic heterocycles. The van der Waals surface area contributed by atoms with Crippen molar-refractivity contribution in [1.82, 2.24) is 30.3 Å². The van der Waals surface area contributed by atoms with Gasteiger partial charge in [-0.15, -0.1) is 10.2 Å². The zero-order chi connectivity index (χ0) is 16.4. The van der Waals surface area contributed by atoms with Crippen molar-refractivity contribution < 1.29 is 0 Å². The highest BCUT2D eigenvalue weighted by molar-refractivity contribution is 5.62. The first-order valence-corrected chi connectivity index (χ1v) is 8.57. The highest BCUT2D eigenvalue weighted by Gasteiger charge is 2.22. The molecule has 0 bridgehead atoms. The molecule has 0 radical (unpaired) electrons. The first kappa shape index (κ1) is 15.1. The lowest BCUT2D eigenvalue weighted by Crippen LogP contribution is -2.37. The summed E-state index contributed by atoms with van der Waals surface area (Å²) >= 11 is 0. The van der Waals surface area contributed by atoms with E-state index >= 15 is 0 Å². The minimum atomic E-state index is 0.442. The van der Waals surface area contributed by atoms with E-state index in [1.165, 1.54) is 11.1 Å². The Balaban J connectivity index is 1.44. The zero-order valence-electron chi connectivity index (χ0n) is 13.9. The third-order valence-corrected chi connectivity index (χ3v) is 4.70. The van der Waals surface area contributed by atoms with Gasteiger partial charge in [0.25, 0.3) is 0 Å². The number of aryl methyl sites for hydroxylation is 2. The molecule has 4 rings (SSSR count). The Hall–Kier alpha value is -2.47. The van der Waals surface area contributed by atoms with Crippen LogP contribution in [0.4, 0.5) is 0 Å². The maximum atomic E-state index is 4.30. The molecule has 1 aromatic carbocycles. The van der Waals surface area contributed by atoms with Gasteiger partial charge in [-0.2, -0.15) is 5.10 Å². The molecule has 2 aromatic heterocycles. The van der Waals surface area contributed by atoms with Crippen molar-refractivity contribution >= 4 is 0 Å². The number of fused-ring (bicyclic) bond motifs is 1. The molecule has 6 heteroatoms. The third-order valence-electron chi connectivity index (χ3n) is 4.70. The van der Waals surface area contributed by atoms with Gasteiger partial charge in [0.05, 0.1) is 11.9 Å². The van der Waals surface area contributed by atoms with Crippen LogP contribution in [0.2, 0.25) is 0 Å². The first-order chi connectivity index (χ1) is 11.8. The summed E-state index contributed by atoms with van der Waals surface area (Å²) in [7, 11) is 0. The van der Waals surface area contributed by atoms with Gasteiger partial charge in [-0.25, -0.2) is 0 Å². The third kappa shape index (κ3) is 2.85. The predicted molar refractivity (Wildman–Crippen MR) is 92.4 cm³/mol. The number of aromatic nitrogens is 5. The lowest BCUT2D eigenvalue weighted by atomic mass is 10.1. The second kappa shape index (κ2) is 6.57. The van der Waals surface area contributed by atoms with Gasteiger partial charge in [-0.05, 0) is 12.0 Å². The molecule has 0 amide bonds. The van der Waals surface area contributed by atoms with Gasteiger partial charge in [-0.3, -0.25) is 5.10 Å². The van der Waals surface area contributed by atoms with Crippen LogP contribution >= 0.6 is 0 Å². The first-order valence-electron chi connectivity index (χ1n) is 8.57. The maximum absolute atomic E-state index is 4.30. The Kier molecular flexibility index (Phi) is 4.13. The highest BCUT2D eigenvalue weighted by Crippen LogP contribution is 2.21. The Morgan fingerprint density at radius 2 is 2.12 bits per heavy atom. The molecule has 24 heavy (non-hydrogen) atoms. The highest BCUT2D eigenvalue weighted by atomic mass is 15.3. The summed E-state index contributed by atoms with van der Waals surface area (Å²) < 4.78 is 2.27. The second-order valence-electron chi connectivity index (χ2n) is 6.25. The van der Waals surface area contributed by atoms with E-state index in [4.69, 9.17) is 0 Å². The summed E-state index contributed by atoms with van der Waals surface area (Å²) in [4.78, 5) is 0. The predicted octanol–water partition coefficient (Wildman–Crippen LogP) is 2.34. The molecule has 0 saturated heterocycles. The van der Waals surface area contributed by atoms with Crippen molar-refractivity contribution in [2.75, 3.05) is 0 Å². The van der Waals surface area contributed by atoms with Crippen LogP contribution in [0, 0.1) is 0 Å². The Morgan fingerprint density at radius 1 is 1.25 bits per heavy atom. The van der Waals surface area contributed by atoms with Gasteiger partial charge in [0.2, 0.25) is 0 Å². The summed E-state index contributed by atoms with van der Waals surface area (Å²) in [5.41, 5.74) is 3.47. The fourth-order valence-electron chi connectivity index (χ4n) is 3.37. The number of rotatable bonds is 5. The number of nitrogens with one attached hydrogen (secondary N) is 2. The molecule has 0 unspecified atom stereocenters. The molecule has 3 aromatic rings. The van der Waals surface area contributed by atoms with Gasteiger partial charge >= 0.3 is 0 Å². The quantitative estimate of drug-likeness (QED) is 0.756. The minimum Gasteiger partial charge on any atom is -0.313 e. The number of aromatic amines is 1. The molecule has 124 valence electrons. The lowest BCUT2D eigenvalue weighted by Gasteiger charge is -2.25. The van der Waals surface area contributed by atoms with E-state index in [0.717, 1.165) is 49.7 Å². The van der Waals surface area contributed by atoms with E-state index in [1.54, 1.807) is 0 Å². The number of hydrogen-bond acceptors (Lipinski definition) is 4. The molecule has 0 spiro atoms. The van der Waals surface area contributed by atoms with Crippen molar-refractivity contribution in [2.45, 2.75) is 45.3 Å². The number of nitrogens with zero attached hydrogens (tertiary/aromatic N) is 4. The lowest BCUT2D eigenvalue weighted by molar-refractivity contribution is 0.373. The standard InChI is InChI=1S/C18H22N6/c1-2-16-21-22-17-9-8-15(12-24(16)17)19-10-14-11-20-23-18(14)13-6-4-3-5-7-13/h3-7,11,15,19H,2,8-10,12H2,1H3,(H,20,23)/t15-/m1/s1. The van der Waals surface area contributed by atoms with Crippen LogP contribution < -0.4 is 5.32 Å². The SMILES string of the molecule is CCc1nnc2n1C[C@H](NCc1cn[nH]c1-c1ccccc1)CC2. The van der Waals surface area contributed by atoms with Gasteiger partial charge < -0.3 is 9.88 Å². The summed E-state index contributed by atoms with van der Waals surface area (Å²) in [5.74, 6) is 2.21. The van der Waals surface area contributed by atoms with Gasteiger partial charge in [0, 0.05) is 37.5 Å². The second-order valence-corrected chi connectivity index (χ2v) is 6.25. The molecular formula is C18H22N6. The molecule has 0 aliphatic carbocycles. The fourth-order valence-corrected chi connectivity index (χ4v) is 3.37. The van der Waals surface area contributed by atoms with Crippen LogP contribution in [-0.2, 0) is 25.9 Å². The fraction of sp³-hybridized carbons (Fsp3) is 0.389. The van der Waals surface area contributed by atoms with E-state index in [0.29, 0.717) is 6.04 Å². The van der Waals surface area contributed by atoms with Crippen LogP contribution in [0.1, 0.15) is 30.6 Å². The average molecular weight is 322 g/mol. The summed E-state index contributed by atoms with van der Waals surface area (Å²) in [6.45, 7) is 3.89.